The molecule has 0 atom stereocenters. The molecule has 1 saturated heterocycles. The topological polar surface area (TPSA) is 60.0 Å². The summed E-state index contributed by atoms with van der Waals surface area (Å²) < 4.78 is 18.7. The van der Waals surface area contributed by atoms with Crippen LogP contribution in [0.3, 0.4) is 0 Å². The Bertz CT molecular complexity index is 1800. The highest BCUT2D eigenvalue weighted by Crippen LogP contribution is 2.41. The molecule has 1 fully saturated rings. The lowest BCUT2D eigenvalue weighted by molar-refractivity contribution is 0.0342. The Morgan fingerprint density at radius 2 is 1.23 bits per heavy atom. The summed E-state index contributed by atoms with van der Waals surface area (Å²) in [5.41, 5.74) is 7.83. The monoisotopic (exact) mass is 638 g/mol. The zero-order chi connectivity index (χ0) is 33.1. The average Bonchev–Trinajstić information content (AvgIpc) is 3.12. The minimum atomic E-state index is -0.259. The summed E-state index contributed by atoms with van der Waals surface area (Å²) in [5.74, 6) is 0.907. The predicted molar refractivity (Wildman–Crippen MR) is 192 cm³/mol. The Morgan fingerprint density at radius 1 is 0.708 bits per heavy atom. The Balaban J connectivity index is 1.38. The molecule has 1 N–H and O–H groups in total. The molecule has 244 valence electrons. The maximum absolute atomic E-state index is 14.2. The molecule has 0 aromatic heterocycles. The summed E-state index contributed by atoms with van der Waals surface area (Å²) >= 11 is 0. The van der Waals surface area contributed by atoms with E-state index in [1.165, 1.54) is 5.56 Å². The second-order valence-electron chi connectivity index (χ2n) is 12.1. The lowest BCUT2D eigenvalue weighted by Crippen LogP contribution is -2.35. The highest BCUT2D eigenvalue weighted by Gasteiger charge is 2.26. The van der Waals surface area contributed by atoms with Crippen molar-refractivity contribution < 1.29 is 19.0 Å². The molecule has 0 unspecified atom stereocenters. The first-order chi connectivity index (χ1) is 23.5. The summed E-state index contributed by atoms with van der Waals surface area (Å²) in [6, 6.07) is 40.2. The second kappa shape index (κ2) is 16.1. The fraction of sp³-hybridized carbons (Fsp3) is 0.214. The van der Waals surface area contributed by atoms with Gasteiger partial charge in [-0.2, -0.15) is 0 Å². The van der Waals surface area contributed by atoms with Gasteiger partial charge < -0.3 is 19.5 Å². The number of benzene rings is 5. The van der Waals surface area contributed by atoms with E-state index in [9.17, 15) is 4.79 Å². The summed E-state index contributed by atoms with van der Waals surface area (Å²) in [7, 11) is 0. The van der Waals surface area contributed by atoms with Crippen molar-refractivity contribution in [2.24, 2.45) is 0 Å². The third-order valence-electron chi connectivity index (χ3n) is 8.43. The minimum Gasteiger partial charge on any atom is -0.488 e. The first kappa shape index (κ1) is 32.8. The highest BCUT2D eigenvalue weighted by atomic mass is 16.5. The maximum Gasteiger partial charge on any atom is 0.259 e. The van der Waals surface area contributed by atoms with Gasteiger partial charge in [-0.15, -0.1) is 0 Å². The number of nitrogens with one attached hydrogen (secondary N) is 1. The number of amides is 1. The van der Waals surface area contributed by atoms with Crippen LogP contribution in [0.4, 0.5) is 5.69 Å². The van der Waals surface area contributed by atoms with E-state index >= 15 is 0 Å². The van der Waals surface area contributed by atoms with E-state index in [2.05, 4.69) is 41.1 Å². The number of morpholine rings is 1. The molecule has 0 saturated carbocycles. The second-order valence-corrected chi connectivity index (χ2v) is 12.1. The number of rotatable bonds is 13. The fourth-order valence-electron chi connectivity index (χ4n) is 5.85. The van der Waals surface area contributed by atoms with E-state index in [0.29, 0.717) is 42.4 Å². The highest BCUT2D eigenvalue weighted by molar-refractivity contribution is 6.07. The van der Waals surface area contributed by atoms with Crippen molar-refractivity contribution in [2.75, 3.05) is 31.6 Å². The van der Waals surface area contributed by atoms with E-state index < -0.39 is 0 Å². The van der Waals surface area contributed by atoms with E-state index in [1.807, 2.05) is 104 Å². The lowest BCUT2D eigenvalue weighted by Gasteiger charge is -2.26. The van der Waals surface area contributed by atoms with Gasteiger partial charge in [0, 0.05) is 42.9 Å². The van der Waals surface area contributed by atoms with Crippen LogP contribution >= 0.6 is 0 Å². The van der Waals surface area contributed by atoms with Gasteiger partial charge in [0.2, 0.25) is 0 Å². The SMILES string of the molecule is C=C(C)c1cc(C(=O)Nc2ccc(CN3CCOCC3)cc2)c(OCc2ccccc2)c(Cc2ccccc2)c1OCc1ccccc1. The van der Waals surface area contributed by atoms with Crippen LogP contribution < -0.4 is 14.8 Å². The molecule has 0 spiro atoms. The van der Waals surface area contributed by atoms with Crippen LogP contribution in [-0.4, -0.2) is 37.1 Å². The summed E-state index contributed by atoms with van der Waals surface area (Å²) in [5, 5.41) is 3.14. The van der Waals surface area contributed by atoms with Gasteiger partial charge in [-0.1, -0.05) is 110 Å². The van der Waals surface area contributed by atoms with Gasteiger partial charge in [0.25, 0.3) is 5.91 Å². The van der Waals surface area contributed by atoms with E-state index in [1.54, 1.807) is 0 Å². The molecule has 0 radical (unpaired) electrons. The molecule has 1 aliphatic heterocycles. The molecule has 0 bridgehead atoms. The molecule has 6 nitrogen and oxygen atoms in total. The Hall–Kier alpha value is -5.17. The van der Waals surface area contributed by atoms with E-state index in [4.69, 9.17) is 14.2 Å². The summed E-state index contributed by atoms with van der Waals surface area (Å²) in [4.78, 5) is 16.6. The molecule has 6 heteroatoms. The maximum atomic E-state index is 14.2. The molecule has 0 aliphatic carbocycles. The Morgan fingerprint density at radius 3 is 1.77 bits per heavy atom. The van der Waals surface area contributed by atoms with Crippen LogP contribution in [0.25, 0.3) is 5.57 Å². The lowest BCUT2D eigenvalue weighted by atomic mass is 9.93. The number of ether oxygens (including phenoxy) is 3. The van der Waals surface area contributed by atoms with Crippen LogP contribution in [0, 0.1) is 0 Å². The molecule has 5 aromatic carbocycles. The van der Waals surface area contributed by atoms with Crippen LogP contribution in [0.5, 0.6) is 11.5 Å². The number of nitrogens with zero attached hydrogens (tertiary/aromatic N) is 1. The zero-order valence-corrected chi connectivity index (χ0v) is 27.5. The number of hydrogen-bond donors (Lipinski definition) is 1. The Kier molecular flexibility index (Phi) is 11.0. The van der Waals surface area contributed by atoms with Crippen LogP contribution in [0.1, 0.15) is 50.7 Å². The third-order valence-corrected chi connectivity index (χ3v) is 8.43. The van der Waals surface area contributed by atoms with Crippen molar-refractivity contribution in [3.8, 4) is 11.5 Å². The molecule has 48 heavy (non-hydrogen) atoms. The van der Waals surface area contributed by atoms with Gasteiger partial charge in [-0.05, 0) is 52.9 Å². The summed E-state index contributed by atoms with van der Waals surface area (Å²) in [6.07, 6.45) is 0.507. The van der Waals surface area contributed by atoms with Crippen molar-refractivity contribution in [1.29, 1.82) is 0 Å². The third kappa shape index (κ3) is 8.59. The number of hydrogen-bond acceptors (Lipinski definition) is 5. The number of carbonyl (C=O) groups excluding carboxylic acids is 1. The quantitative estimate of drug-likeness (QED) is 0.140. The molecule has 1 aliphatic rings. The number of allylic oxidation sites excluding steroid dienone is 1. The number of anilines is 1. The standard InChI is InChI=1S/C42H42N2O4/c1-31(2)37-27-39(42(45)43-36-20-18-33(19-21-36)28-44-22-24-46-25-23-44)41(48-30-35-16-10-5-11-17-35)38(26-32-12-6-3-7-13-32)40(37)47-29-34-14-8-4-9-15-34/h3-21,27H,1,22-26,28-30H2,2H3,(H,43,45). The minimum absolute atomic E-state index is 0.259. The van der Waals surface area contributed by atoms with Gasteiger partial charge in [0.15, 0.2) is 0 Å². The van der Waals surface area contributed by atoms with Crippen molar-refractivity contribution in [1.82, 2.24) is 4.90 Å². The normalized spacial score (nSPS) is 13.1. The fourth-order valence-corrected chi connectivity index (χ4v) is 5.85. The molecule has 6 rings (SSSR count). The first-order valence-electron chi connectivity index (χ1n) is 16.5. The molecule has 5 aromatic rings. The summed E-state index contributed by atoms with van der Waals surface area (Å²) in [6.45, 7) is 11.1. The van der Waals surface area contributed by atoms with Gasteiger partial charge in [-0.3, -0.25) is 9.69 Å². The van der Waals surface area contributed by atoms with Crippen LogP contribution in [-0.2, 0) is 30.9 Å². The van der Waals surface area contributed by atoms with Crippen molar-refractivity contribution in [2.45, 2.75) is 33.1 Å². The van der Waals surface area contributed by atoms with Gasteiger partial charge in [-0.25, -0.2) is 0 Å². The zero-order valence-electron chi connectivity index (χ0n) is 27.5. The van der Waals surface area contributed by atoms with Crippen molar-refractivity contribution in [3.63, 3.8) is 0 Å². The van der Waals surface area contributed by atoms with Gasteiger partial charge in [0.05, 0.1) is 18.8 Å². The molecular formula is C42H42N2O4. The molecule has 1 amide bonds. The van der Waals surface area contributed by atoms with Gasteiger partial charge in [0.1, 0.15) is 24.7 Å². The van der Waals surface area contributed by atoms with Crippen molar-refractivity contribution >= 4 is 17.2 Å². The number of carbonyl (C=O) groups is 1. The Labute approximate surface area is 283 Å². The average molecular weight is 639 g/mol. The van der Waals surface area contributed by atoms with Gasteiger partial charge >= 0.3 is 0 Å². The largest absolute Gasteiger partial charge is 0.488 e. The predicted octanol–water partition coefficient (Wildman–Crippen LogP) is 8.55. The molecular weight excluding hydrogens is 596 g/mol. The van der Waals surface area contributed by atoms with E-state index in [-0.39, 0.29) is 5.91 Å². The molecule has 1 heterocycles. The first-order valence-corrected chi connectivity index (χ1v) is 16.5. The van der Waals surface area contributed by atoms with Crippen molar-refractivity contribution in [3.05, 3.63) is 167 Å². The smallest absolute Gasteiger partial charge is 0.259 e. The van der Waals surface area contributed by atoms with E-state index in [0.717, 1.165) is 66.2 Å². The van der Waals surface area contributed by atoms with Crippen LogP contribution in [0.15, 0.2) is 128 Å². The van der Waals surface area contributed by atoms with Crippen LogP contribution in [0.2, 0.25) is 0 Å².